The van der Waals surface area contributed by atoms with E-state index in [9.17, 15) is 4.79 Å². The third-order valence-corrected chi connectivity index (χ3v) is 6.65. The van der Waals surface area contributed by atoms with E-state index in [0.29, 0.717) is 5.92 Å². The molecule has 0 amide bonds. The molecule has 27 heavy (non-hydrogen) atoms. The monoisotopic (exact) mass is 370 g/mol. The second-order valence-electron chi connectivity index (χ2n) is 8.87. The van der Waals surface area contributed by atoms with Gasteiger partial charge in [0.05, 0.1) is 18.3 Å². The summed E-state index contributed by atoms with van der Waals surface area (Å²) in [5, 5.41) is 7.20. The van der Waals surface area contributed by atoms with Crippen molar-refractivity contribution in [1.29, 1.82) is 0 Å². The maximum Gasteiger partial charge on any atom is 0.343 e. The lowest BCUT2D eigenvalue weighted by Crippen LogP contribution is -2.31. The Balaban J connectivity index is 1.46. The standard InChI is InChI=1S/C20H30N6O/c1-12(2)26-19(23-24-20(26)27)18-14(13-7-8-13)9-10-25(18)11-17-21-15-5-3-4-6-16(15)22-17/h12-14,18H,3-11H2,1-2H3,(H,21,22)(H,24,27). The van der Waals surface area contributed by atoms with Crippen molar-refractivity contribution >= 4 is 0 Å². The highest BCUT2D eigenvalue weighted by Gasteiger charge is 2.46. The van der Waals surface area contributed by atoms with Crippen molar-refractivity contribution in [3.63, 3.8) is 0 Å². The number of nitrogens with one attached hydrogen (secondary N) is 2. The summed E-state index contributed by atoms with van der Waals surface area (Å²) in [5.41, 5.74) is 2.52. The third kappa shape index (κ3) is 3.06. The first-order valence-electron chi connectivity index (χ1n) is 10.6. The fraction of sp³-hybridized carbons (Fsp3) is 0.750. The minimum atomic E-state index is -0.0881. The van der Waals surface area contributed by atoms with Gasteiger partial charge in [0.15, 0.2) is 5.82 Å². The summed E-state index contributed by atoms with van der Waals surface area (Å²) >= 11 is 0. The van der Waals surface area contributed by atoms with Gasteiger partial charge in [-0.15, -0.1) is 0 Å². The molecule has 2 aromatic rings. The van der Waals surface area contributed by atoms with Crippen LogP contribution in [0.5, 0.6) is 0 Å². The van der Waals surface area contributed by atoms with Gasteiger partial charge < -0.3 is 4.98 Å². The Hall–Kier alpha value is -1.89. The molecular weight excluding hydrogens is 340 g/mol. The van der Waals surface area contributed by atoms with Crippen LogP contribution in [-0.4, -0.2) is 36.2 Å². The molecular formula is C20H30N6O. The van der Waals surface area contributed by atoms with Crippen LogP contribution in [0.1, 0.15) is 81.1 Å². The molecule has 2 N–H and O–H groups in total. The molecule has 2 fully saturated rings. The van der Waals surface area contributed by atoms with E-state index in [2.05, 4.69) is 33.9 Å². The normalized spacial score (nSPS) is 26.0. The third-order valence-electron chi connectivity index (χ3n) is 6.65. The molecule has 5 rings (SSSR count). The van der Waals surface area contributed by atoms with Gasteiger partial charge in [-0.3, -0.25) is 9.47 Å². The molecule has 0 spiro atoms. The number of hydrogen-bond acceptors (Lipinski definition) is 4. The summed E-state index contributed by atoms with van der Waals surface area (Å²) in [4.78, 5) is 23.3. The highest BCUT2D eigenvalue weighted by Crippen LogP contribution is 2.50. The van der Waals surface area contributed by atoms with Gasteiger partial charge in [0.25, 0.3) is 0 Å². The van der Waals surface area contributed by atoms with Crippen LogP contribution in [0.25, 0.3) is 0 Å². The lowest BCUT2D eigenvalue weighted by Gasteiger charge is -2.28. The average Bonchev–Trinajstić information content (AvgIpc) is 3.10. The van der Waals surface area contributed by atoms with Crippen LogP contribution in [0.15, 0.2) is 4.79 Å². The number of aromatic amines is 2. The number of aromatic nitrogens is 5. The molecule has 1 saturated carbocycles. The highest BCUT2D eigenvalue weighted by atomic mass is 16.1. The molecule has 0 bridgehead atoms. The zero-order chi connectivity index (χ0) is 18.5. The second-order valence-corrected chi connectivity index (χ2v) is 8.87. The molecule has 146 valence electrons. The van der Waals surface area contributed by atoms with Crippen molar-refractivity contribution < 1.29 is 0 Å². The Labute approximate surface area is 159 Å². The number of imidazole rings is 1. The lowest BCUT2D eigenvalue weighted by atomic mass is 9.94. The number of likely N-dealkylation sites (tertiary alicyclic amines) is 1. The lowest BCUT2D eigenvalue weighted by molar-refractivity contribution is 0.190. The fourth-order valence-corrected chi connectivity index (χ4v) is 5.24. The van der Waals surface area contributed by atoms with Crippen molar-refractivity contribution in [2.24, 2.45) is 11.8 Å². The summed E-state index contributed by atoms with van der Waals surface area (Å²) in [5.74, 6) is 3.39. The number of fused-ring (bicyclic) bond motifs is 1. The van der Waals surface area contributed by atoms with Crippen LogP contribution in [0.3, 0.4) is 0 Å². The number of aryl methyl sites for hydroxylation is 2. The first-order valence-corrected chi connectivity index (χ1v) is 10.6. The molecule has 7 heteroatoms. The van der Waals surface area contributed by atoms with Gasteiger partial charge in [-0.1, -0.05) is 0 Å². The maximum absolute atomic E-state index is 12.3. The van der Waals surface area contributed by atoms with Gasteiger partial charge in [-0.2, -0.15) is 5.10 Å². The molecule has 0 radical (unpaired) electrons. The SMILES string of the molecule is CC(C)n1c(C2C(C3CC3)CCN2Cc2nc3c([nH]2)CCCC3)n[nH]c1=O. The van der Waals surface area contributed by atoms with Gasteiger partial charge >= 0.3 is 5.69 Å². The van der Waals surface area contributed by atoms with E-state index in [4.69, 9.17) is 4.98 Å². The molecule has 2 unspecified atom stereocenters. The zero-order valence-corrected chi connectivity index (χ0v) is 16.4. The number of hydrogen-bond donors (Lipinski definition) is 2. The van der Waals surface area contributed by atoms with Crippen molar-refractivity contribution in [1.82, 2.24) is 29.6 Å². The highest BCUT2D eigenvalue weighted by molar-refractivity contribution is 5.18. The van der Waals surface area contributed by atoms with Crippen LogP contribution in [0.4, 0.5) is 0 Å². The number of H-pyrrole nitrogens is 2. The van der Waals surface area contributed by atoms with E-state index in [1.54, 1.807) is 0 Å². The molecule has 2 atom stereocenters. The van der Waals surface area contributed by atoms with E-state index >= 15 is 0 Å². The molecule has 1 saturated heterocycles. The van der Waals surface area contributed by atoms with E-state index in [1.807, 2.05) is 4.57 Å². The summed E-state index contributed by atoms with van der Waals surface area (Å²) < 4.78 is 1.85. The molecule has 1 aliphatic heterocycles. The van der Waals surface area contributed by atoms with Crippen LogP contribution < -0.4 is 5.69 Å². The summed E-state index contributed by atoms with van der Waals surface area (Å²) in [6, 6.07) is 0.324. The largest absolute Gasteiger partial charge is 0.345 e. The van der Waals surface area contributed by atoms with Crippen molar-refractivity contribution in [2.75, 3.05) is 6.54 Å². The van der Waals surface area contributed by atoms with E-state index in [0.717, 1.165) is 43.5 Å². The first kappa shape index (κ1) is 17.2. The number of nitrogens with zero attached hydrogens (tertiary/aromatic N) is 4. The Bertz CT molecular complexity index is 850. The van der Waals surface area contributed by atoms with Gasteiger partial charge in [0.1, 0.15) is 5.82 Å². The molecule has 0 aromatic carbocycles. The van der Waals surface area contributed by atoms with E-state index in [-0.39, 0.29) is 17.8 Å². The van der Waals surface area contributed by atoms with Gasteiger partial charge in [-0.25, -0.2) is 14.9 Å². The molecule has 7 nitrogen and oxygen atoms in total. The topological polar surface area (TPSA) is 82.6 Å². The van der Waals surface area contributed by atoms with Crippen molar-refractivity contribution in [3.05, 3.63) is 33.5 Å². The van der Waals surface area contributed by atoms with Crippen LogP contribution >= 0.6 is 0 Å². The van der Waals surface area contributed by atoms with Crippen molar-refractivity contribution in [2.45, 2.75) is 77.4 Å². The molecule has 3 aliphatic rings. The quantitative estimate of drug-likeness (QED) is 0.848. The minimum Gasteiger partial charge on any atom is -0.345 e. The number of rotatable bonds is 5. The molecule has 2 aliphatic carbocycles. The van der Waals surface area contributed by atoms with Crippen LogP contribution in [0, 0.1) is 11.8 Å². The van der Waals surface area contributed by atoms with E-state index < -0.39 is 0 Å². The van der Waals surface area contributed by atoms with Gasteiger partial charge in [0.2, 0.25) is 0 Å². The average molecular weight is 371 g/mol. The van der Waals surface area contributed by atoms with E-state index in [1.165, 1.54) is 43.5 Å². The minimum absolute atomic E-state index is 0.0881. The van der Waals surface area contributed by atoms with Crippen LogP contribution in [0.2, 0.25) is 0 Å². The Kier molecular flexibility index (Phi) is 4.22. The summed E-state index contributed by atoms with van der Waals surface area (Å²) in [6.07, 6.45) is 8.57. The predicted molar refractivity (Wildman–Crippen MR) is 102 cm³/mol. The smallest absolute Gasteiger partial charge is 0.343 e. The molecule has 3 heterocycles. The Morgan fingerprint density at radius 1 is 1.19 bits per heavy atom. The van der Waals surface area contributed by atoms with Gasteiger partial charge in [-0.05, 0) is 77.2 Å². The maximum atomic E-state index is 12.3. The van der Waals surface area contributed by atoms with Crippen LogP contribution in [-0.2, 0) is 19.4 Å². The first-order chi connectivity index (χ1) is 13.1. The second kappa shape index (κ2) is 6.62. The Morgan fingerprint density at radius 2 is 2.00 bits per heavy atom. The predicted octanol–water partition coefficient (Wildman–Crippen LogP) is 2.73. The van der Waals surface area contributed by atoms with Crippen molar-refractivity contribution in [3.8, 4) is 0 Å². The summed E-state index contributed by atoms with van der Waals surface area (Å²) in [6.45, 7) is 6.00. The Morgan fingerprint density at radius 3 is 2.74 bits per heavy atom. The molecule has 2 aromatic heterocycles. The summed E-state index contributed by atoms with van der Waals surface area (Å²) in [7, 11) is 0. The zero-order valence-electron chi connectivity index (χ0n) is 16.4. The van der Waals surface area contributed by atoms with Gasteiger partial charge in [0, 0.05) is 11.7 Å². The fourth-order valence-electron chi connectivity index (χ4n) is 5.24.